The van der Waals surface area contributed by atoms with Crippen molar-refractivity contribution in [2.45, 2.75) is 30.7 Å². The molecule has 1 aliphatic rings. The number of rotatable bonds is 6. The maximum absolute atomic E-state index is 12.0. The lowest BCUT2D eigenvalue weighted by atomic mass is 10.2. The van der Waals surface area contributed by atoms with Crippen molar-refractivity contribution < 1.29 is 27.2 Å². The van der Waals surface area contributed by atoms with Gasteiger partial charge in [-0.3, -0.25) is 9.59 Å². The van der Waals surface area contributed by atoms with Gasteiger partial charge in [0.1, 0.15) is 11.3 Å². The molecule has 0 spiro atoms. The van der Waals surface area contributed by atoms with Gasteiger partial charge in [0.2, 0.25) is 0 Å². The second-order valence-electron chi connectivity index (χ2n) is 5.98. The van der Waals surface area contributed by atoms with Gasteiger partial charge in [0.25, 0.3) is 11.1 Å². The first-order valence-electron chi connectivity index (χ1n) is 8.01. The summed E-state index contributed by atoms with van der Waals surface area (Å²) in [5.41, 5.74) is 1.32. The van der Waals surface area contributed by atoms with Crippen LogP contribution in [0.3, 0.4) is 0 Å². The molecular weight excluding hydrogens is 380 g/mol. The number of hydrogen-bond donors (Lipinski definition) is 1. The first-order valence-corrected chi connectivity index (χ1v) is 10.8. The van der Waals surface area contributed by atoms with Crippen LogP contribution in [0.5, 0.6) is 0 Å². The number of amides is 1. The molecule has 1 N–H and O–H groups in total. The molecule has 1 amide bonds. The molecule has 10 heteroatoms. The van der Waals surface area contributed by atoms with Gasteiger partial charge in [-0.25, -0.2) is 13.4 Å². The molecule has 0 radical (unpaired) electrons. The van der Waals surface area contributed by atoms with Crippen molar-refractivity contribution in [3.05, 3.63) is 24.3 Å². The van der Waals surface area contributed by atoms with E-state index < -0.39 is 33.9 Å². The molecule has 1 aromatic carbocycles. The molecule has 2 atom stereocenters. The van der Waals surface area contributed by atoms with Crippen LogP contribution in [0.1, 0.15) is 13.3 Å². The van der Waals surface area contributed by atoms with Crippen LogP contribution in [0.15, 0.2) is 33.9 Å². The monoisotopic (exact) mass is 398 g/mol. The minimum Gasteiger partial charge on any atom is -0.452 e. The van der Waals surface area contributed by atoms with Gasteiger partial charge in [0.15, 0.2) is 21.5 Å². The summed E-state index contributed by atoms with van der Waals surface area (Å²) in [6.07, 6.45) is -0.627. The summed E-state index contributed by atoms with van der Waals surface area (Å²) in [6.45, 7) is 1.45. The summed E-state index contributed by atoms with van der Waals surface area (Å²) in [7, 11) is -3.08. The van der Waals surface area contributed by atoms with Crippen LogP contribution in [0, 0.1) is 0 Å². The SMILES string of the molecule is C[C@H](OC(=O)CSc1nc2ccccc2o1)C(=O)N[C@H]1CCS(=O)(=O)C1. The third-order valence-electron chi connectivity index (χ3n) is 3.84. The third-order valence-corrected chi connectivity index (χ3v) is 6.41. The van der Waals surface area contributed by atoms with Gasteiger partial charge >= 0.3 is 5.97 Å². The number of esters is 1. The molecule has 2 aromatic rings. The Balaban J connectivity index is 1.45. The van der Waals surface area contributed by atoms with E-state index in [1.165, 1.54) is 6.92 Å². The predicted molar refractivity (Wildman–Crippen MR) is 95.5 cm³/mol. The number of nitrogens with one attached hydrogen (secondary N) is 1. The fraction of sp³-hybridized carbons (Fsp3) is 0.438. The summed E-state index contributed by atoms with van der Waals surface area (Å²) in [5.74, 6) is -1.16. The second-order valence-corrected chi connectivity index (χ2v) is 9.13. The molecule has 3 rings (SSSR count). The molecule has 26 heavy (non-hydrogen) atoms. The molecule has 1 aliphatic heterocycles. The summed E-state index contributed by atoms with van der Waals surface area (Å²) in [5, 5.41) is 2.94. The lowest BCUT2D eigenvalue weighted by Gasteiger charge is -2.16. The number of hydrogen-bond acceptors (Lipinski definition) is 8. The zero-order chi connectivity index (χ0) is 18.7. The topological polar surface area (TPSA) is 116 Å². The van der Waals surface area contributed by atoms with Crippen molar-refractivity contribution >= 4 is 44.6 Å². The molecule has 1 aromatic heterocycles. The Bertz CT molecular complexity index is 891. The fourth-order valence-electron chi connectivity index (χ4n) is 2.55. The summed E-state index contributed by atoms with van der Waals surface area (Å²) in [6, 6.07) is 6.81. The van der Waals surface area contributed by atoms with Crippen LogP contribution in [-0.2, 0) is 24.2 Å². The third kappa shape index (κ3) is 4.76. The zero-order valence-corrected chi connectivity index (χ0v) is 15.6. The number of carbonyl (C=O) groups is 2. The van der Waals surface area contributed by atoms with Crippen molar-refractivity contribution in [1.82, 2.24) is 10.3 Å². The summed E-state index contributed by atoms with van der Waals surface area (Å²) >= 11 is 1.08. The zero-order valence-electron chi connectivity index (χ0n) is 14.0. The van der Waals surface area contributed by atoms with Crippen LogP contribution < -0.4 is 5.32 Å². The van der Waals surface area contributed by atoms with E-state index in [9.17, 15) is 18.0 Å². The lowest BCUT2D eigenvalue weighted by molar-refractivity contribution is -0.152. The number of nitrogens with zero attached hydrogens (tertiary/aromatic N) is 1. The Morgan fingerprint density at radius 1 is 1.42 bits per heavy atom. The van der Waals surface area contributed by atoms with Gasteiger partial charge in [-0.1, -0.05) is 23.9 Å². The highest BCUT2D eigenvalue weighted by atomic mass is 32.2. The molecule has 1 saturated heterocycles. The highest BCUT2D eigenvalue weighted by Gasteiger charge is 2.30. The molecule has 0 saturated carbocycles. The molecule has 2 heterocycles. The van der Waals surface area contributed by atoms with Crippen molar-refractivity contribution in [3.8, 4) is 0 Å². The van der Waals surface area contributed by atoms with E-state index >= 15 is 0 Å². The van der Waals surface area contributed by atoms with Crippen molar-refractivity contribution in [3.63, 3.8) is 0 Å². The Morgan fingerprint density at radius 2 is 2.19 bits per heavy atom. The number of carbonyl (C=O) groups excluding carboxylic acids is 2. The van der Waals surface area contributed by atoms with E-state index in [1.807, 2.05) is 12.1 Å². The predicted octanol–water partition coefficient (Wildman–Crippen LogP) is 1.15. The average Bonchev–Trinajstić information content (AvgIpc) is 3.15. The van der Waals surface area contributed by atoms with E-state index in [-0.39, 0.29) is 17.3 Å². The minimum absolute atomic E-state index is 0.0533. The molecule has 8 nitrogen and oxygen atoms in total. The van der Waals surface area contributed by atoms with Gasteiger partial charge in [0.05, 0.1) is 11.5 Å². The number of benzene rings is 1. The van der Waals surface area contributed by atoms with Gasteiger partial charge in [-0.05, 0) is 25.5 Å². The first kappa shape index (κ1) is 18.7. The van der Waals surface area contributed by atoms with E-state index in [4.69, 9.17) is 9.15 Å². The number of fused-ring (bicyclic) bond motifs is 1. The van der Waals surface area contributed by atoms with E-state index in [2.05, 4.69) is 10.3 Å². The van der Waals surface area contributed by atoms with Crippen LogP contribution in [0.25, 0.3) is 11.1 Å². The highest BCUT2D eigenvalue weighted by Crippen LogP contribution is 2.23. The summed E-state index contributed by atoms with van der Waals surface area (Å²) < 4.78 is 33.4. The maximum atomic E-state index is 12.0. The Morgan fingerprint density at radius 3 is 2.88 bits per heavy atom. The van der Waals surface area contributed by atoms with Crippen LogP contribution in [-0.4, -0.2) is 54.7 Å². The molecule has 0 unspecified atom stereocenters. The molecule has 0 aliphatic carbocycles. The number of oxazole rings is 1. The quantitative estimate of drug-likeness (QED) is 0.569. The lowest BCUT2D eigenvalue weighted by Crippen LogP contribution is -2.42. The normalized spacial score (nSPS) is 20.0. The van der Waals surface area contributed by atoms with Crippen LogP contribution in [0.4, 0.5) is 0 Å². The Labute approximate surface area is 154 Å². The number of aromatic nitrogens is 1. The maximum Gasteiger partial charge on any atom is 0.317 e. The number of para-hydroxylation sites is 2. The van der Waals surface area contributed by atoms with Crippen molar-refractivity contribution in [1.29, 1.82) is 0 Å². The number of ether oxygens (including phenoxy) is 1. The standard InChI is InChI=1S/C16H18N2O6S2/c1-10(15(20)17-11-6-7-26(21,22)9-11)23-14(19)8-25-16-18-12-4-2-3-5-13(12)24-16/h2-5,10-11H,6-9H2,1H3,(H,17,20)/t10-,11-/m0/s1. The summed E-state index contributed by atoms with van der Waals surface area (Å²) in [4.78, 5) is 28.1. The van der Waals surface area contributed by atoms with Crippen molar-refractivity contribution in [2.75, 3.05) is 17.3 Å². The minimum atomic E-state index is -3.08. The molecular formula is C16H18N2O6S2. The van der Waals surface area contributed by atoms with E-state index in [0.29, 0.717) is 22.7 Å². The smallest absolute Gasteiger partial charge is 0.317 e. The Hall–Kier alpha value is -2.07. The van der Waals surface area contributed by atoms with Gasteiger partial charge in [-0.15, -0.1) is 0 Å². The van der Waals surface area contributed by atoms with E-state index in [0.717, 1.165) is 11.8 Å². The van der Waals surface area contributed by atoms with Crippen LogP contribution in [0.2, 0.25) is 0 Å². The van der Waals surface area contributed by atoms with Crippen LogP contribution >= 0.6 is 11.8 Å². The van der Waals surface area contributed by atoms with Crippen molar-refractivity contribution in [2.24, 2.45) is 0 Å². The largest absolute Gasteiger partial charge is 0.452 e. The number of thioether (sulfide) groups is 1. The second kappa shape index (κ2) is 7.67. The van der Waals surface area contributed by atoms with Gasteiger partial charge in [0, 0.05) is 6.04 Å². The number of sulfone groups is 1. The van der Waals surface area contributed by atoms with Gasteiger partial charge in [-0.2, -0.15) is 0 Å². The Kier molecular flexibility index (Phi) is 5.52. The molecule has 0 bridgehead atoms. The average molecular weight is 398 g/mol. The molecule has 140 valence electrons. The highest BCUT2D eigenvalue weighted by molar-refractivity contribution is 7.99. The van der Waals surface area contributed by atoms with Gasteiger partial charge < -0.3 is 14.5 Å². The molecule has 1 fully saturated rings. The first-order chi connectivity index (χ1) is 12.3. The van der Waals surface area contributed by atoms with E-state index in [1.54, 1.807) is 12.1 Å². The fourth-order valence-corrected chi connectivity index (χ4v) is 4.84.